The van der Waals surface area contributed by atoms with Gasteiger partial charge in [-0.2, -0.15) is 0 Å². The molecule has 0 bridgehead atoms. The van der Waals surface area contributed by atoms with E-state index in [1.807, 2.05) is 0 Å². The molecule has 0 unspecified atom stereocenters. The molecule has 0 aliphatic carbocycles. The normalized spacial score (nSPS) is 11.2. The van der Waals surface area contributed by atoms with Crippen LogP contribution in [0, 0.1) is 6.07 Å². The van der Waals surface area contributed by atoms with Gasteiger partial charge in [-0.1, -0.05) is 42.5 Å². The van der Waals surface area contributed by atoms with Crippen molar-refractivity contribution < 1.29 is 17.9 Å². The number of alkyl halides is 3. The van der Waals surface area contributed by atoms with Crippen LogP contribution in [-0.4, -0.2) is 6.36 Å². The van der Waals surface area contributed by atoms with E-state index in [0.29, 0.717) is 11.1 Å². The minimum Gasteiger partial charge on any atom is -0.405 e. The van der Waals surface area contributed by atoms with Crippen LogP contribution in [0.3, 0.4) is 0 Å². The molecule has 2 aromatic rings. The molecule has 0 heterocycles. The molecule has 1 radical (unpaired) electrons. The van der Waals surface area contributed by atoms with Crippen molar-refractivity contribution in [1.82, 2.24) is 0 Å². The van der Waals surface area contributed by atoms with Crippen molar-refractivity contribution in [3.05, 3.63) is 54.6 Å². The summed E-state index contributed by atoms with van der Waals surface area (Å²) in [4.78, 5) is 0. The number of ether oxygens (including phenoxy) is 1. The molecule has 0 aliphatic rings. The second-order valence-electron chi connectivity index (χ2n) is 3.34. The first-order valence-electron chi connectivity index (χ1n) is 4.87. The maximum Gasteiger partial charge on any atom is 0.573 e. The lowest BCUT2D eigenvalue weighted by atomic mass is 10.1. The fourth-order valence-corrected chi connectivity index (χ4v) is 1.48. The molecule has 0 saturated heterocycles. The summed E-state index contributed by atoms with van der Waals surface area (Å²) >= 11 is 0. The Labute approximate surface area is 96.5 Å². The van der Waals surface area contributed by atoms with Gasteiger partial charge in [0.25, 0.3) is 0 Å². The molecule has 4 heteroatoms. The van der Waals surface area contributed by atoms with Crippen LogP contribution in [-0.2, 0) is 0 Å². The highest BCUT2D eigenvalue weighted by molar-refractivity contribution is 5.70. The van der Waals surface area contributed by atoms with Crippen molar-refractivity contribution in [2.45, 2.75) is 6.36 Å². The summed E-state index contributed by atoms with van der Waals surface area (Å²) in [6.45, 7) is 0. The lowest BCUT2D eigenvalue weighted by Crippen LogP contribution is -2.17. The van der Waals surface area contributed by atoms with Gasteiger partial charge >= 0.3 is 6.36 Å². The van der Waals surface area contributed by atoms with Gasteiger partial charge in [-0.3, -0.25) is 0 Å². The fraction of sp³-hybridized carbons (Fsp3) is 0.0769. The Morgan fingerprint density at radius 2 is 1.71 bits per heavy atom. The number of hydrogen-bond donors (Lipinski definition) is 0. The third kappa shape index (κ3) is 3.00. The molecule has 1 nitrogen and oxygen atoms in total. The Bertz CT molecular complexity index is 492. The van der Waals surface area contributed by atoms with E-state index in [9.17, 15) is 13.2 Å². The molecule has 2 rings (SSSR count). The molecule has 87 valence electrons. The van der Waals surface area contributed by atoms with Crippen molar-refractivity contribution in [2.75, 3.05) is 0 Å². The van der Waals surface area contributed by atoms with Crippen molar-refractivity contribution >= 4 is 0 Å². The van der Waals surface area contributed by atoms with Crippen LogP contribution in [0.5, 0.6) is 5.75 Å². The van der Waals surface area contributed by atoms with Gasteiger partial charge in [0.2, 0.25) is 0 Å². The SMILES string of the molecule is FC(F)(F)Oc1c[c]ccc1-c1ccccc1. The molecular formula is C13H8F3O. The minimum absolute atomic E-state index is 0.244. The maximum absolute atomic E-state index is 12.2. The van der Waals surface area contributed by atoms with Gasteiger partial charge < -0.3 is 4.74 Å². The van der Waals surface area contributed by atoms with Gasteiger partial charge in [-0.05, 0) is 17.7 Å². The molecule has 17 heavy (non-hydrogen) atoms. The van der Waals surface area contributed by atoms with Gasteiger partial charge in [-0.25, -0.2) is 0 Å². The topological polar surface area (TPSA) is 9.23 Å². The zero-order valence-corrected chi connectivity index (χ0v) is 8.66. The number of rotatable bonds is 2. The van der Waals surface area contributed by atoms with E-state index in [2.05, 4.69) is 10.8 Å². The van der Waals surface area contributed by atoms with E-state index in [-0.39, 0.29) is 5.75 Å². The highest BCUT2D eigenvalue weighted by Crippen LogP contribution is 2.33. The van der Waals surface area contributed by atoms with Crippen LogP contribution >= 0.6 is 0 Å². The van der Waals surface area contributed by atoms with E-state index in [0.717, 1.165) is 0 Å². The first-order chi connectivity index (χ1) is 8.06. The smallest absolute Gasteiger partial charge is 0.405 e. The zero-order valence-electron chi connectivity index (χ0n) is 8.66. The van der Waals surface area contributed by atoms with Gasteiger partial charge in [0.15, 0.2) is 0 Å². The number of halogens is 3. The third-order valence-corrected chi connectivity index (χ3v) is 2.14. The van der Waals surface area contributed by atoms with Gasteiger partial charge in [0, 0.05) is 5.56 Å². The molecule has 2 aromatic carbocycles. The second kappa shape index (κ2) is 4.49. The van der Waals surface area contributed by atoms with Crippen molar-refractivity contribution in [3.63, 3.8) is 0 Å². The second-order valence-corrected chi connectivity index (χ2v) is 3.34. The van der Waals surface area contributed by atoms with Crippen LogP contribution in [0.25, 0.3) is 11.1 Å². The van der Waals surface area contributed by atoms with Crippen molar-refractivity contribution in [2.24, 2.45) is 0 Å². The summed E-state index contributed by atoms with van der Waals surface area (Å²) in [7, 11) is 0. The lowest BCUT2D eigenvalue weighted by Gasteiger charge is -2.12. The van der Waals surface area contributed by atoms with Crippen LogP contribution in [0.4, 0.5) is 13.2 Å². The van der Waals surface area contributed by atoms with E-state index < -0.39 is 6.36 Å². The molecule has 0 N–H and O–H groups in total. The lowest BCUT2D eigenvalue weighted by molar-refractivity contribution is -0.274. The first-order valence-corrected chi connectivity index (χ1v) is 4.87. The maximum atomic E-state index is 12.2. The van der Waals surface area contributed by atoms with E-state index >= 15 is 0 Å². The Kier molecular flexibility index (Phi) is 3.04. The summed E-state index contributed by atoms with van der Waals surface area (Å²) in [6.07, 6.45) is -4.70. The highest BCUT2D eigenvalue weighted by Gasteiger charge is 2.32. The average Bonchev–Trinajstić information content (AvgIpc) is 2.29. The van der Waals surface area contributed by atoms with E-state index in [1.54, 1.807) is 36.4 Å². The Morgan fingerprint density at radius 3 is 2.35 bits per heavy atom. The predicted molar refractivity (Wildman–Crippen MR) is 57.4 cm³/mol. The van der Waals surface area contributed by atoms with Crippen LogP contribution in [0.1, 0.15) is 0 Å². The molecule has 0 amide bonds. The monoisotopic (exact) mass is 237 g/mol. The summed E-state index contributed by atoms with van der Waals surface area (Å²) in [5.41, 5.74) is 1.06. The summed E-state index contributed by atoms with van der Waals surface area (Å²) in [5.74, 6) is -0.244. The van der Waals surface area contributed by atoms with Crippen LogP contribution < -0.4 is 4.74 Å². The first kappa shape index (κ1) is 11.5. The van der Waals surface area contributed by atoms with Gasteiger partial charge in [0.1, 0.15) is 5.75 Å². The highest BCUT2D eigenvalue weighted by atomic mass is 19.4. The molecule has 0 fully saturated rings. The summed E-state index contributed by atoms with van der Waals surface area (Å²) in [5, 5.41) is 0. The van der Waals surface area contributed by atoms with Crippen molar-refractivity contribution in [3.8, 4) is 16.9 Å². The van der Waals surface area contributed by atoms with E-state index in [4.69, 9.17) is 0 Å². The minimum atomic E-state index is -4.70. The summed E-state index contributed by atoms with van der Waals surface area (Å²) in [6, 6.07) is 15.6. The zero-order chi connectivity index (χ0) is 12.3. The Hall–Kier alpha value is -1.97. The van der Waals surface area contributed by atoms with E-state index in [1.165, 1.54) is 12.1 Å². The average molecular weight is 237 g/mol. The molecule has 0 aromatic heterocycles. The van der Waals surface area contributed by atoms with Gasteiger partial charge in [0.05, 0.1) is 0 Å². The summed E-state index contributed by atoms with van der Waals surface area (Å²) < 4.78 is 40.6. The quantitative estimate of drug-likeness (QED) is 0.765. The fourth-order valence-electron chi connectivity index (χ4n) is 1.48. The molecule has 0 aliphatic heterocycles. The van der Waals surface area contributed by atoms with Gasteiger partial charge in [-0.15, -0.1) is 13.2 Å². The van der Waals surface area contributed by atoms with Crippen LogP contribution in [0.2, 0.25) is 0 Å². The predicted octanol–water partition coefficient (Wildman–Crippen LogP) is 4.05. The Balaban J connectivity index is 2.41. The molecular weight excluding hydrogens is 229 g/mol. The standard InChI is InChI=1S/C13H8F3O/c14-13(15,16)17-12-9-5-4-8-11(12)10-6-2-1-3-7-10/h1-4,6-9H. The largest absolute Gasteiger partial charge is 0.573 e. The number of benzene rings is 2. The Morgan fingerprint density at radius 1 is 1.00 bits per heavy atom. The molecule has 0 atom stereocenters. The third-order valence-electron chi connectivity index (χ3n) is 2.14. The van der Waals surface area contributed by atoms with Crippen molar-refractivity contribution in [1.29, 1.82) is 0 Å². The number of hydrogen-bond acceptors (Lipinski definition) is 1. The molecule has 0 saturated carbocycles. The van der Waals surface area contributed by atoms with Crippen LogP contribution in [0.15, 0.2) is 48.5 Å². The molecule has 0 spiro atoms.